The molecule has 138 valence electrons. The molecule has 0 aliphatic carbocycles. The van der Waals surface area contributed by atoms with Crippen molar-refractivity contribution in [3.05, 3.63) is 53.2 Å². The van der Waals surface area contributed by atoms with Crippen LogP contribution < -0.4 is 9.64 Å². The standard InChI is InChI=1S/C20H18N2O4S/c1-13-16(21-20(25-13)17-4-3-11-27-17)12-19(24)26-15-8-6-14(7-9-15)22-10-2-5-18(22)23/h3-4,6-9,11H,2,5,10,12H2,1H3. The number of rotatable bonds is 5. The molecule has 0 N–H and O–H groups in total. The van der Waals surface area contributed by atoms with E-state index in [1.54, 1.807) is 36.1 Å². The van der Waals surface area contributed by atoms with E-state index in [0.29, 0.717) is 29.5 Å². The Hall–Kier alpha value is -2.93. The summed E-state index contributed by atoms with van der Waals surface area (Å²) < 4.78 is 11.0. The van der Waals surface area contributed by atoms with E-state index in [1.165, 1.54) is 11.3 Å². The number of benzene rings is 1. The number of carbonyl (C=O) groups is 2. The minimum absolute atomic E-state index is 0.0348. The summed E-state index contributed by atoms with van der Waals surface area (Å²) in [7, 11) is 0. The van der Waals surface area contributed by atoms with E-state index in [0.717, 1.165) is 23.5 Å². The van der Waals surface area contributed by atoms with Crippen molar-refractivity contribution >= 4 is 28.9 Å². The molecule has 1 fully saturated rings. The minimum Gasteiger partial charge on any atom is -0.440 e. The van der Waals surface area contributed by atoms with Crippen LogP contribution in [-0.4, -0.2) is 23.4 Å². The third kappa shape index (κ3) is 3.78. The lowest BCUT2D eigenvalue weighted by molar-refractivity contribution is -0.133. The quantitative estimate of drug-likeness (QED) is 0.493. The summed E-state index contributed by atoms with van der Waals surface area (Å²) in [5.41, 5.74) is 1.40. The Labute approximate surface area is 160 Å². The van der Waals surface area contributed by atoms with Gasteiger partial charge in [-0.3, -0.25) is 9.59 Å². The van der Waals surface area contributed by atoms with Crippen molar-refractivity contribution < 1.29 is 18.7 Å². The van der Waals surface area contributed by atoms with Gasteiger partial charge in [-0.2, -0.15) is 0 Å². The number of anilines is 1. The van der Waals surface area contributed by atoms with Gasteiger partial charge in [-0.15, -0.1) is 11.3 Å². The molecule has 0 saturated carbocycles. The molecule has 0 atom stereocenters. The first-order valence-electron chi connectivity index (χ1n) is 8.71. The molecule has 3 aromatic rings. The predicted molar refractivity (Wildman–Crippen MR) is 102 cm³/mol. The summed E-state index contributed by atoms with van der Waals surface area (Å²) in [6.45, 7) is 2.52. The first-order chi connectivity index (χ1) is 13.1. The van der Waals surface area contributed by atoms with Crippen molar-refractivity contribution in [1.82, 2.24) is 4.98 Å². The maximum Gasteiger partial charge on any atom is 0.317 e. The maximum absolute atomic E-state index is 12.3. The number of aromatic nitrogens is 1. The first kappa shape index (κ1) is 17.5. The largest absolute Gasteiger partial charge is 0.440 e. The molecule has 1 amide bonds. The highest BCUT2D eigenvalue weighted by molar-refractivity contribution is 7.13. The third-order valence-electron chi connectivity index (χ3n) is 4.39. The molecule has 1 aliphatic heterocycles. The van der Waals surface area contributed by atoms with Crippen LogP contribution in [0.1, 0.15) is 24.3 Å². The number of hydrogen-bond donors (Lipinski definition) is 0. The van der Waals surface area contributed by atoms with E-state index >= 15 is 0 Å². The normalized spacial score (nSPS) is 14.0. The fourth-order valence-electron chi connectivity index (χ4n) is 3.02. The lowest BCUT2D eigenvalue weighted by atomic mass is 10.2. The Morgan fingerprint density at radius 1 is 1.30 bits per heavy atom. The van der Waals surface area contributed by atoms with Crippen molar-refractivity contribution in [2.24, 2.45) is 0 Å². The van der Waals surface area contributed by atoms with E-state index in [2.05, 4.69) is 4.98 Å². The Morgan fingerprint density at radius 3 is 2.78 bits per heavy atom. The van der Waals surface area contributed by atoms with Gasteiger partial charge in [0.05, 0.1) is 17.0 Å². The van der Waals surface area contributed by atoms with Crippen molar-refractivity contribution in [2.75, 3.05) is 11.4 Å². The highest BCUT2D eigenvalue weighted by atomic mass is 32.1. The Morgan fingerprint density at radius 2 is 2.11 bits per heavy atom. The number of aryl methyl sites for hydroxylation is 1. The van der Waals surface area contributed by atoms with Crippen LogP contribution >= 0.6 is 11.3 Å². The summed E-state index contributed by atoms with van der Waals surface area (Å²) in [6.07, 6.45) is 1.49. The summed E-state index contributed by atoms with van der Waals surface area (Å²) in [6, 6.07) is 10.8. The predicted octanol–water partition coefficient (Wildman–Crippen LogP) is 3.99. The molecular formula is C20H18N2O4S. The van der Waals surface area contributed by atoms with Gasteiger partial charge in [-0.1, -0.05) is 6.07 Å². The number of oxazole rings is 1. The number of hydrogen-bond acceptors (Lipinski definition) is 6. The van der Waals surface area contributed by atoms with Gasteiger partial charge in [0.15, 0.2) is 0 Å². The fraction of sp³-hybridized carbons (Fsp3) is 0.250. The van der Waals surface area contributed by atoms with Crippen LogP contribution in [0, 0.1) is 6.92 Å². The zero-order valence-electron chi connectivity index (χ0n) is 14.8. The average Bonchev–Trinajstić information content (AvgIpc) is 3.38. The van der Waals surface area contributed by atoms with Gasteiger partial charge >= 0.3 is 5.97 Å². The number of ether oxygens (including phenoxy) is 1. The highest BCUT2D eigenvalue weighted by Crippen LogP contribution is 2.27. The summed E-state index contributed by atoms with van der Waals surface area (Å²) in [5.74, 6) is 1.29. The molecule has 6 nitrogen and oxygen atoms in total. The second-order valence-corrected chi connectivity index (χ2v) is 7.24. The maximum atomic E-state index is 12.3. The minimum atomic E-state index is -0.408. The third-order valence-corrected chi connectivity index (χ3v) is 5.25. The summed E-state index contributed by atoms with van der Waals surface area (Å²) in [5, 5.41) is 1.95. The van der Waals surface area contributed by atoms with Crippen LogP contribution in [0.5, 0.6) is 5.75 Å². The van der Waals surface area contributed by atoms with Gasteiger partial charge in [0.25, 0.3) is 0 Å². The van der Waals surface area contributed by atoms with Gasteiger partial charge in [0.1, 0.15) is 11.5 Å². The van der Waals surface area contributed by atoms with E-state index < -0.39 is 5.97 Å². The molecule has 7 heteroatoms. The van der Waals surface area contributed by atoms with Crippen molar-refractivity contribution in [3.63, 3.8) is 0 Å². The molecule has 0 radical (unpaired) electrons. The van der Waals surface area contributed by atoms with Crippen LogP contribution in [-0.2, 0) is 16.0 Å². The Bertz CT molecular complexity index is 961. The van der Waals surface area contributed by atoms with Gasteiger partial charge in [-0.05, 0) is 49.1 Å². The van der Waals surface area contributed by atoms with Crippen LogP contribution in [0.25, 0.3) is 10.8 Å². The van der Waals surface area contributed by atoms with E-state index in [9.17, 15) is 9.59 Å². The lowest BCUT2D eigenvalue weighted by Crippen LogP contribution is -2.23. The molecule has 0 unspecified atom stereocenters. The van der Waals surface area contributed by atoms with Gasteiger partial charge in [0.2, 0.25) is 11.8 Å². The summed E-state index contributed by atoms with van der Waals surface area (Å²) in [4.78, 5) is 31.1. The van der Waals surface area contributed by atoms with Gasteiger partial charge < -0.3 is 14.1 Å². The molecule has 0 spiro atoms. The molecule has 27 heavy (non-hydrogen) atoms. The zero-order chi connectivity index (χ0) is 18.8. The monoisotopic (exact) mass is 382 g/mol. The number of amides is 1. The van der Waals surface area contributed by atoms with Crippen LogP contribution in [0.4, 0.5) is 5.69 Å². The van der Waals surface area contributed by atoms with Crippen molar-refractivity contribution in [1.29, 1.82) is 0 Å². The number of esters is 1. The van der Waals surface area contributed by atoms with E-state index in [-0.39, 0.29) is 12.3 Å². The Kier molecular flexibility index (Phi) is 4.77. The van der Waals surface area contributed by atoms with E-state index in [1.807, 2.05) is 17.5 Å². The second kappa shape index (κ2) is 7.36. The van der Waals surface area contributed by atoms with Gasteiger partial charge in [0, 0.05) is 18.7 Å². The average molecular weight is 382 g/mol. The molecular weight excluding hydrogens is 364 g/mol. The number of thiophene rings is 1. The lowest BCUT2D eigenvalue weighted by Gasteiger charge is -2.15. The molecule has 4 rings (SSSR count). The molecule has 3 heterocycles. The first-order valence-corrected chi connectivity index (χ1v) is 9.59. The van der Waals surface area contributed by atoms with Crippen molar-refractivity contribution in [3.8, 4) is 16.5 Å². The van der Waals surface area contributed by atoms with Crippen LogP contribution in [0.15, 0.2) is 46.2 Å². The van der Waals surface area contributed by atoms with Gasteiger partial charge in [-0.25, -0.2) is 4.98 Å². The molecule has 2 aromatic heterocycles. The Balaban J connectivity index is 1.40. The highest BCUT2D eigenvalue weighted by Gasteiger charge is 2.22. The zero-order valence-corrected chi connectivity index (χ0v) is 15.6. The number of carbonyl (C=O) groups excluding carboxylic acids is 2. The SMILES string of the molecule is Cc1oc(-c2cccs2)nc1CC(=O)Oc1ccc(N2CCCC2=O)cc1. The topological polar surface area (TPSA) is 72.6 Å². The fourth-order valence-corrected chi connectivity index (χ4v) is 3.67. The molecule has 1 aromatic carbocycles. The molecule has 0 bridgehead atoms. The van der Waals surface area contributed by atoms with E-state index in [4.69, 9.17) is 9.15 Å². The van der Waals surface area contributed by atoms with Crippen LogP contribution in [0.2, 0.25) is 0 Å². The number of nitrogens with zero attached hydrogens (tertiary/aromatic N) is 2. The molecule has 1 saturated heterocycles. The second-order valence-electron chi connectivity index (χ2n) is 6.29. The smallest absolute Gasteiger partial charge is 0.317 e. The van der Waals surface area contributed by atoms with Crippen molar-refractivity contribution in [2.45, 2.75) is 26.2 Å². The molecule has 1 aliphatic rings. The van der Waals surface area contributed by atoms with Crippen LogP contribution in [0.3, 0.4) is 0 Å². The summed E-state index contributed by atoms with van der Waals surface area (Å²) >= 11 is 1.53.